The number of methoxy groups -OCH3 is 2. The molecule has 0 saturated heterocycles. The molecule has 0 fully saturated rings. The van der Waals surface area contributed by atoms with Gasteiger partial charge in [0.1, 0.15) is 28.6 Å². The molecule has 6 nitrogen and oxygen atoms in total. The van der Waals surface area contributed by atoms with Crippen LogP contribution in [0, 0.1) is 0 Å². The summed E-state index contributed by atoms with van der Waals surface area (Å²) in [5, 5.41) is 21.9. The minimum Gasteiger partial charge on any atom is -0.507 e. The standard InChI is InChI=1S/C15H15NO5/c1-20-9-6-7-10(13(8-9)21-2)16-15(19)14-11(17)4-3-5-12(14)18/h3-8,17-18H,1-2H3,(H,16,19). The molecule has 0 radical (unpaired) electrons. The van der Waals surface area contributed by atoms with Crippen LogP contribution in [0.4, 0.5) is 5.69 Å². The van der Waals surface area contributed by atoms with Gasteiger partial charge in [-0.3, -0.25) is 4.79 Å². The molecule has 0 heterocycles. The number of carbonyl (C=O) groups excluding carboxylic acids is 1. The second-order valence-electron chi connectivity index (χ2n) is 4.19. The van der Waals surface area contributed by atoms with Gasteiger partial charge < -0.3 is 25.0 Å². The Morgan fingerprint density at radius 3 is 2.29 bits per heavy atom. The number of phenols is 2. The molecule has 21 heavy (non-hydrogen) atoms. The third-order valence-electron chi connectivity index (χ3n) is 2.90. The van der Waals surface area contributed by atoms with Gasteiger partial charge in [-0.25, -0.2) is 0 Å². The van der Waals surface area contributed by atoms with Crippen LogP contribution in [0.1, 0.15) is 10.4 Å². The van der Waals surface area contributed by atoms with Gasteiger partial charge in [-0.15, -0.1) is 0 Å². The van der Waals surface area contributed by atoms with Gasteiger partial charge in [-0.05, 0) is 24.3 Å². The van der Waals surface area contributed by atoms with Crippen molar-refractivity contribution in [3.8, 4) is 23.0 Å². The van der Waals surface area contributed by atoms with E-state index in [1.807, 2.05) is 0 Å². The Morgan fingerprint density at radius 2 is 1.71 bits per heavy atom. The fourth-order valence-electron chi connectivity index (χ4n) is 1.85. The van der Waals surface area contributed by atoms with Crippen molar-refractivity contribution in [3.05, 3.63) is 42.0 Å². The Kier molecular flexibility index (Phi) is 4.18. The van der Waals surface area contributed by atoms with E-state index >= 15 is 0 Å². The fourth-order valence-corrected chi connectivity index (χ4v) is 1.85. The van der Waals surface area contributed by atoms with Crippen molar-refractivity contribution in [1.29, 1.82) is 0 Å². The van der Waals surface area contributed by atoms with Crippen LogP contribution in [-0.4, -0.2) is 30.3 Å². The number of carbonyl (C=O) groups is 1. The quantitative estimate of drug-likeness (QED) is 0.804. The van der Waals surface area contributed by atoms with Crippen LogP contribution in [0.2, 0.25) is 0 Å². The van der Waals surface area contributed by atoms with Gasteiger partial charge in [0.15, 0.2) is 0 Å². The van der Waals surface area contributed by atoms with E-state index in [0.29, 0.717) is 17.2 Å². The van der Waals surface area contributed by atoms with Crippen LogP contribution in [0.5, 0.6) is 23.0 Å². The molecule has 0 aliphatic rings. The summed E-state index contributed by atoms with van der Waals surface area (Å²) in [7, 11) is 2.98. The van der Waals surface area contributed by atoms with Gasteiger partial charge >= 0.3 is 0 Å². The largest absolute Gasteiger partial charge is 0.507 e. The number of hydrogen-bond acceptors (Lipinski definition) is 5. The summed E-state index contributed by atoms with van der Waals surface area (Å²) in [6.45, 7) is 0. The predicted octanol–water partition coefficient (Wildman–Crippen LogP) is 2.37. The van der Waals surface area contributed by atoms with Gasteiger partial charge in [-0.1, -0.05) is 6.07 Å². The molecular formula is C15H15NO5. The highest BCUT2D eigenvalue weighted by Crippen LogP contribution is 2.32. The molecule has 110 valence electrons. The lowest BCUT2D eigenvalue weighted by Gasteiger charge is -2.12. The monoisotopic (exact) mass is 289 g/mol. The maximum absolute atomic E-state index is 12.2. The van der Waals surface area contributed by atoms with Gasteiger partial charge in [0.2, 0.25) is 0 Å². The summed E-state index contributed by atoms with van der Waals surface area (Å²) in [4.78, 5) is 12.2. The van der Waals surface area contributed by atoms with Gasteiger partial charge in [0.25, 0.3) is 5.91 Å². The second kappa shape index (κ2) is 6.04. The number of benzene rings is 2. The predicted molar refractivity (Wildman–Crippen MR) is 77.3 cm³/mol. The number of rotatable bonds is 4. The normalized spacial score (nSPS) is 10.0. The van der Waals surface area contributed by atoms with E-state index in [1.165, 1.54) is 32.4 Å². The first-order valence-corrected chi connectivity index (χ1v) is 6.11. The van der Waals surface area contributed by atoms with E-state index in [1.54, 1.807) is 18.2 Å². The lowest BCUT2D eigenvalue weighted by atomic mass is 10.1. The average molecular weight is 289 g/mol. The van der Waals surface area contributed by atoms with Crippen molar-refractivity contribution in [1.82, 2.24) is 0 Å². The number of nitrogens with one attached hydrogen (secondary N) is 1. The van der Waals surface area contributed by atoms with Crippen LogP contribution in [0.15, 0.2) is 36.4 Å². The third-order valence-corrected chi connectivity index (χ3v) is 2.90. The highest BCUT2D eigenvalue weighted by Gasteiger charge is 2.17. The zero-order valence-corrected chi connectivity index (χ0v) is 11.6. The maximum atomic E-state index is 12.2. The van der Waals surface area contributed by atoms with Crippen LogP contribution in [0.3, 0.4) is 0 Å². The fraction of sp³-hybridized carbons (Fsp3) is 0.133. The Hall–Kier alpha value is -2.89. The highest BCUT2D eigenvalue weighted by atomic mass is 16.5. The molecule has 0 aliphatic heterocycles. The van der Waals surface area contributed by atoms with Crippen molar-refractivity contribution >= 4 is 11.6 Å². The molecule has 0 unspecified atom stereocenters. The van der Waals surface area contributed by atoms with Crippen LogP contribution >= 0.6 is 0 Å². The van der Waals surface area contributed by atoms with E-state index in [-0.39, 0.29) is 17.1 Å². The van der Waals surface area contributed by atoms with Crippen molar-refractivity contribution in [2.24, 2.45) is 0 Å². The van der Waals surface area contributed by atoms with E-state index < -0.39 is 5.91 Å². The molecule has 0 saturated carbocycles. The Morgan fingerprint density at radius 1 is 1.05 bits per heavy atom. The molecule has 1 amide bonds. The average Bonchev–Trinajstić information content (AvgIpc) is 2.47. The second-order valence-corrected chi connectivity index (χ2v) is 4.19. The molecule has 0 atom stereocenters. The zero-order valence-electron chi connectivity index (χ0n) is 11.6. The lowest BCUT2D eigenvalue weighted by Crippen LogP contribution is -2.13. The van der Waals surface area contributed by atoms with Crippen molar-refractivity contribution < 1.29 is 24.5 Å². The summed E-state index contributed by atoms with van der Waals surface area (Å²) < 4.78 is 10.2. The summed E-state index contributed by atoms with van der Waals surface area (Å²) in [5.41, 5.74) is 0.196. The molecule has 0 aromatic heterocycles. The van der Waals surface area contributed by atoms with E-state index in [2.05, 4.69) is 5.32 Å². The number of aromatic hydroxyl groups is 2. The molecule has 2 aromatic rings. The topological polar surface area (TPSA) is 88.0 Å². The van der Waals surface area contributed by atoms with Crippen molar-refractivity contribution in [2.75, 3.05) is 19.5 Å². The van der Waals surface area contributed by atoms with Gasteiger partial charge in [-0.2, -0.15) is 0 Å². The first-order valence-electron chi connectivity index (χ1n) is 6.11. The third kappa shape index (κ3) is 3.00. The molecule has 2 rings (SSSR count). The van der Waals surface area contributed by atoms with Crippen LogP contribution in [-0.2, 0) is 0 Å². The zero-order chi connectivity index (χ0) is 15.4. The van der Waals surface area contributed by atoms with Gasteiger partial charge in [0.05, 0.1) is 19.9 Å². The Bertz CT molecular complexity index is 649. The number of ether oxygens (including phenoxy) is 2. The smallest absolute Gasteiger partial charge is 0.263 e. The summed E-state index contributed by atoms with van der Waals surface area (Å²) in [6, 6.07) is 8.95. The molecule has 6 heteroatoms. The van der Waals surface area contributed by atoms with Crippen molar-refractivity contribution in [3.63, 3.8) is 0 Å². The van der Waals surface area contributed by atoms with Gasteiger partial charge in [0, 0.05) is 6.07 Å². The number of amides is 1. The maximum Gasteiger partial charge on any atom is 0.263 e. The lowest BCUT2D eigenvalue weighted by molar-refractivity contribution is 0.102. The minimum atomic E-state index is -0.644. The van der Waals surface area contributed by atoms with E-state index in [9.17, 15) is 15.0 Å². The summed E-state index contributed by atoms with van der Waals surface area (Å²) in [5.74, 6) is -0.276. The molecule has 3 N–H and O–H groups in total. The summed E-state index contributed by atoms with van der Waals surface area (Å²) >= 11 is 0. The number of hydrogen-bond donors (Lipinski definition) is 3. The minimum absolute atomic E-state index is 0.199. The molecular weight excluding hydrogens is 274 g/mol. The van der Waals surface area contributed by atoms with Crippen LogP contribution in [0.25, 0.3) is 0 Å². The first kappa shape index (κ1) is 14.5. The van der Waals surface area contributed by atoms with E-state index in [0.717, 1.165) is 0 Å². The van der Waals surface area contributed by atoms with E-state index in [4.69, 9.17) is 9.47 Å². The Balaban J connectivity index is 2.32. The molecule has 2 aromatic carbocycles. The first-order chi connectivity index (χ1) is 10.1. The highest BCUT2D eigenvalue weighted by molar-refractivity contribution is 6.08. The SMILES string of the molecule is COc1ccc(NC(=O)c2c(O)cccc2O)c(OC)c1. The molecule has 0 bridgehead atoms. The number of phenolic OH excluding ortho intramolecular Hbond substituents is 2. The summed E-state index contributed by atoms with van der Waals surface area (Å²) in [6.07, 6.45) is 0. The van der Waals surface area contributed by atoms with Crippen molar-refractivity contribution in [2.45, 2.75) is 0 Å². The number of anilines is 1. The van der Waals surface area contributed by atoms with Crippen LogP contribution < -0.4 is 14.8 Å². The Labute approximate surface area is 121 Å². The molecule has 0 aliphatic carbocycles. The molecule has 0 spiro atoms.